The lowest BCUT2D eigenvalue weighted by Gasteiger charge is -2.17. The summed E-state index contributed by atoms with van der Waals surface area (Å²) in [7, 11) is 0. The number of hydrogen-bond acceptors (Lipinski definition) is 4. The van der Waals surface area contributed by atoms with Gasteiger partial charge in [-0.2, -0.15) is 5.26 Å². The van der Waals surface area contributed by atoms with Crippen molar-refractivity contribution in [1.82, 2.24) is 5.32 Å². The first kappa shape index (κ1) is 18.1. The highest BCUT2D eigenvalue weighted by molar-refractivity contribution is 9.10. The van der Waals surface area contributed by atoms with Crippen molar-refractivity contribution in [1.29, 1.82) is 5.26 Å². The van der Waals surface area contributed by atoms with Crippen LogP contribution in [-0.2, 0) is 12.8 Å². The van der Waals surface area contributed by atoms with Crippen molar-refractivity contribution in [2.45, 2.75) is 26.2 Å². The molecule has 0 saturated carbocycles. The van der Waals surface area contributed by atoms with E-state index >= 15 is 0 Å². The van der Waals surface area contributed by atoms with Crippen LogP contribution in [0.1, 0.15) is 39.7 Å². The minimum atomic E-state index is -0.285. The van der Waals surface area contributed by atoms with Crippen LogP contribution in [0, 0.1) is 17.2 Å². The molecule has 1 aliphatic rings. The van der Waals surface area contributed by atoms with Gasteiger partial charge in [0.1, 0.15) is 11.1 Å². The Morgan fingerprint density at radius 3 is 3.00 bits per heavy atom. The fourth-order valence-electron chi connectivity index (χ4n) is 2.90. The quantitative estimate of drug-likeness (QED) is 0.677. The van der Waals surface area contributed by atoms with Gasteiger partial charge in [-0.3, -0.25) is 10.1 Å². The zero-order chi connectivity index (χ0) is 18.0. The minimum Gasteiger partial charge on any atom is -0.323 e. The van der Waals surface area contributed by atoms with E-state index in [0.29, 0.717) is 17.0 Å². The van der Waals surface area contributed by atoms with E-state index in [0.717, 1.165) is 34.3 Å². The molecule has 0 spiro atoms. The van der Waals surface area contributed by atoms with Gasteiger partial charge >= 0.3 is 0 Å². The van der Waals surface area contributed by atoms with Gasteiger partial charge in [0.25, 0.3) is 5.91 Å². The van der Waals surface area contributed by atoms with Crippen molar-refractivity contribution in [3.63, 3.8) is 0 Å². The van der Waals surface area contributed by atoms with Crippen LogP contribution in [0.3, 0.4) is 0 Å². The number of thiophene rings is 1. The molecule has 0 fully saturated rings. The lowest BCUT2D eigenvalue weighted by Crippen LogP contribution is -2.34. The monoisotopic (exact) mass is 433 g/mol. The smallest absolute Gasteiger partial charge is 0.257 e. The third-order valence-corrected chi connectivity index (χ3v) is 6.03. The van der Waals surface area contributed by atoms with Gasteiger partial charge in [0.05, 0.1) is 5.56 Å². The van der Waals surface area contributed by atoms with Crippen molar-refractivity contribution < 1.29 is 4.79 Å². The van der Waals surface area contributed by atoms with Crippen molar-refractivity contribution in [3.05, 3.63) is 50.3 Å². The van der Waals surface area contributed by atoms with Gasteiger partial charge in [-0.15, -0.1) is 11.3 Å². The maximum atomic E-state index is 12.3. The lowest BCUT2D eigenvalue weighted by molar-refractivity contribution is 0.0977. The van der Waals surface area contributed by atoms with E-state index in [2.05, 4.69) is 39.6 Å². The summed E-state index contributed by atoms with van der Waals surface area (Å²) in [5.41, 5.74) is 2.30. The van der Waals surface area contributed by atoms with Crippen LogP contribution < -0.4 is 10.6 Å². The van der Waals surface area contributed by atoms with E-state index in [1.54, 1.807) is 29.5 Å². The molecule has 1 heterocycles. The zero-order valence-electron chi connectivity index (χ0n) is 13.6. The Labute approximate surface area is 164 Å². The fraction of sp³-hybridized carbons (Fsp3) is 0.278. The molecule has 0 unspecified atom stereocenters. The van der Waals surface area contributed by atoms with Crippen LogP contribution in [0.15, 0.2) is 28.7 Å². The Balaban J connectivity index is 1.73. The molecule has 4 nitrogen and oxygen atoms in total. The molecule has 1 aliphatic carbocycles. The highest BCUT2D eigenvalue weighted by atomic mass is 79.9. The van der Waals surface area contributed by atoms with Gasteiger partial charge in [-0.25, -0.2) is 0 Å². The maximum absolute atomic E-state index is 12.3. The molecule has 2 aromatic rings. The number of halogens is 1. The highest BCUT2D eigenvalue weighted by Crippen LogP contribution is 2.39. The second kappa shape index (κ2) is 7.65. The molecular formula is C18H16BrN3OS2. The summed E-state index contributed by atoms with van der Waals surface area (Å²) in [6.45, 7) is 2.23. The first-order valence-electron chi connectivity index (χ1n) is 7.90. The Bertz CT molecular complexity index is 885. The second-order valence-electron chi connectivity index (χ2n) is 6.09. The molecule has 0 bridgehead atoms. The van der Waals surface area contributed by atoms with Crippen LogP contribution >= 0.6 is 39.5 Å². The first-order chi connectivity index (χ1) is 12.0. The van der Waals surface area contributed by atoms with Gasteiger partial charge in [0.15, 0.2) is 5.11 Å². The highest BCUT2D eigenvalue weighted by Gasteiger charge is 2.24. The van der Waals surface area contributed by atoms with Crippen molar-refractivity contribution in [2.75, 3.05) is 5.32 Å². The molecule has 1 amide bonds. The minimum absolute atomic E-state index is 0.202. The molecule has 0 aliphatic heterocycles. The van der Waals surface area contributed by atoms with Crippen LogP contribution in [0.25, 0.3) is 0 Å². The first-order valence-corrected chi connectivity index (χ1v) is 9.92. The lowest BCUT2D eigenvalue weighted by atomic mass is 9.89. The van der Waals surface area contributed by atoms with Crippen LogP contribution in [-0.4, -0.2) is 11.0 Å². The Kier molecular flexibility index (Phi) is 5.52. The van der Waals surface area contributed by atoms with Crippen LogP contribution in [0.2, 0.25) is 0 Å². The van der Waals surface area contributed by atoms with E-state index in [4.69, 9.17) is 12.2 Å². The normalized spacial score (nSPS) is 15.8. The number of benzene rings is 1. The number of nitriles is 1. The number of amides is 1. The molecule has 1 atom stereocenters. The largest absolute Gasteiger partial charge is 0.323 e. The summed E-state index contributed by atoms with van der Waals surface area (Å²) >= 11 is 10.2. The van der Waals surface area contributed by atoms with Gasteiger partial charge < -0.3 is 5.32 Å². The number of rotatable bonds is 2. The molecule has 0 saturated heterocycles. The number of hydrogen-bond donors (Lipinski definition) is 2. The predicted molar refractivity (Wildman–Crippen MR) is 108 cm³/mol. The summed E-state index contributed by atoms with van der Waals surface area (Å²) in [6, 6.07) is 9.37. The van der Waals surface area contributed by atoms with E-state index in [9.17, 15) is 10.1 Å². The van der Waals surface area contributed by atoms with Crippen molar-refractivity contribution in [3.8, 4) is 6.07 Å². The molecule has 128 valence electrons. The molecule has 7 heteroatoms. The third kappa shape index (κ3) is 4.09. The molecule has 25 heavy (non-hydrogen) atoms. The standard InChI is InChI=1S/C18H16BrN3OS2/c1-10-5-6-13-14(9-20)17(25-15(13)7-10)22-18(24)21-16(23)11-3-2-4-12(19)8-11/h2-4,8,10H,5-7H2,1H3,(H2,21,22,23,24)/t10-/m1/s1. The second-order valence-corrected chi connectivity index (χ2v) is 8.52. The van der Waals surface area contributed by atoms with E-state index in [-0.39, 0.29) is 11.0 Å². The van der Waals surface area contributed by atoms with Crippen LogP contribution in [0.4, 0.5) is 5.00 Å². The van der Waals surface area contributed by atoms with Gasteiger partial charge in [-0.05, 0) is 61.2 Å². The maximum Gasteiger partial charge on any atom is 0.257 e. The summed E-state index contributed by atoms with van der Waals surface area (Å²) in [6.07, 6.45) is 3.02. The molecule has 0 radical (unpaired) electrons. The molecule has 2 N–H and O–H groups in total. The SMILES string of the molecule is C[C@@H]1CCc2c(sc(NC(=S)NC(=O)c3cccc(Br)c3)c2C#N)C1. The summed E-state index contributed by atoms with van der Waals surface area (Å²) in [5.74, 6) is 0.348. The molecule has 1 aromatic heterocycles. The predicted octanol–water partition coefficient (Wildman–Crippen LogP) is 4.63. The van der Waals surface area contributed by atoms with Crippen molar-refractivity contribution in [2.24, 2.45) is 5.92 Å². The molecule has 3 rings (SSSR count). The van der Waals surface area contributed by atoms with Crippen molar-refractivity contribution >= 4 is 55.5 Å². The van der Waals surface area contributed by atoms with E-state index < -0.39 is 0 Å². The topological polar surface area (TPSA) is 64.9 Å². The number of nitrogens with one attached hydrogen (secondary N) is 2. The number of anilines is 1. The number of carbonyl (C=O) groups excluding carboxylic acids is 1. The van der Waals surface area contributed by atoms with Crippen LogP contribution in [0.5, 0.6) is 0 Å². The molecule has 1 aromatic carbocycles. The summed E-state index contributed by atoms with van der Waals surface area (Å²) in [4.78, 5) is 13.5. The Morgan fingerprint density at radius 1 is 1.48 bits per heavy atom. The van der Waals surface area contributed by atoms with Gasteiger partial charge in [0.2, 0.25) is 0 Å². The number of nitrogens with zero attached hydrogens (tertiary/aromatic N) is 1. The molecular weight excluding hydrogens is 418 g/mol. The average molecular weight is 434 g/mol. The number of fused-ring (bicyclic) bond motifs is 1. The average Bonchev–Trinajstić information content (AvgIpc) is 2.90. The van der Waals surface area contributed by atoms with E-state index in [1.165, 1.54) is 4.88 Å². The Hall–Kier alpha value is -1.75. The number of thiocarbonyl (C=S) groups is 1. The third-order valence-electron chi connectivity index (χ3n) is 4.16. The summed E-state index contributed by atoms with van der Waals surface area (Å²) < 4.78 is 0.825. The number of carbonyl (C=O) groups is 1. The summed E-state index contributed by atoms with van der Waals surface area (Å²) in [5, 5.41) is 16.1. The zero-order valence-corrected chi connectivity index (χ0v) is 16.8. The fourth-order valence-corrected chi connectivity index (χ4v) is 4.92. The van der Waals surface area contributed by atoms with E-state index in [1.807, 2.05) is 6.07 Å². The Morgan fingerprint density at radius 2 is 2.28 bits per heavy atom. The van der Waals surface area contributed by atoms with Gasteiger partial charge in [0, 0.05) is 14.9 Å². The van der Waals surface area contributed by atoms with Gasteiger partial charge in [-0.1, -0.05) is 28.9 Å².